The number of hydrogen-bond donors (Lipinski definition) is 1. The van der Waals surface area contributed by atoms with E-state index >= 15 is 0 Å². The lowest BCUT2D eigenvalue weighted by atomic mass is 10.1. The monoisotopic (exact) mass is 414 g/mol. The van der Waals surface area contributed by atoms with Gasteiger partial charge >= 0.3 is 0 Å². The second-order valence-corrected chi connectivity index (χ2v) is 8.31. The molecule has 8 heteroatoms. The summed E-state index contributed by atoms with van der Waals surface area (Å²) >= 11 is 1.43. The van der Waals surface area contributed by atoms with E-state index in [-0.39, 0.29) is 24.2 Å². The predicted octanol–water partition coefficient (Wildman–Crippen LogP) is 2.53. The SMILES string of the molecule is CCc1ccc(N2CC(C(=O)Nc3nc(CN4CCOCC4)cs3)CC2=O)cc1. The summed E-state index contributed by atoms with van der Waals surface area (Å²) in [5, 5.41) is 5.47. The molecule has 2 aliphatic heterocycles. The van der Waals surface area contributed by atoms with E-state index < -0.39 is 0 Å². The van der Waals surface area contributed by atoms with E-state index in [1.54, 1.807) is 4.90 Å². The molecule has 2 amide bonds. The highest BCUT2D eigenvalue weighted by atomic mass is 32.1. The van der Waals surface area contributed by atoms with Gasteiger partial charge in [0, 0.05) is 43.7 Å². The van der Waals surface area contributed by atoms with Crippen LogP contribution in [0.25, 0.3) is 0 Å². The Morgan fingerprint density at radius 1 is 1.28 bits per heavy atom. The maximum atomic E-state index is 12.7. The Balaban J connectivity index is 1.33. The first-order chi connectivity index (χ1) is 14.1. The largest absolute Gasteiger partial charge is 0.379 e. The molecule has 0 radical (unpaired) electrons. The molecule has 2 aliphatic rings. The van der Waals surface area contributed by atoms with Gasteiger partial charge in [0.1, 0.15) is 0 Å². The first-order valence-electron chi connectivity index (χ1n) is 10.1. The van der Waals surface area contributed by atoms with Crippen molar-refractivity contribution in [3.05, 3.63) is 40.9 Å². The number of aromatic nitrogens is 1. The van der Waals surface area contributed by atoms with Crippen LogP contribution in [0.5, 0.6) is 0 Å². The Kier molecular flexibility index (Phi) is 6.22. The highest BCUT2D eigenvalue weighted by Gasteiger charge is 2.35. The molecule has 7 nitrogen and oxygen atoms in total. The molecule has 4 rings (SSSR count). The molecule has 1 aromatic carbocycles. The zero-order valence-corrected chi connectivity index (χ0v) is 17.4. The van der Waals surface area contributed by atoms with Gasteiger partial charge in [-0.1, -0.05) is 19.1 Å². The topological polar surface area (TPSA) is 74.8 Å². The number of thiazole rings is 1. The van der Waals surface area contributed by atoms with Crippen molar-refractivity contribution in [3.63, 3.8) is 0 Å². The molecule has 2 saturated heterocycles. The summed E-state index contributed by atoms with van der Waals surface area (Å²) < 4.78 is 5.37. The van der Waals surface area contributed by atoms with Crippen molar-refractivity contribution in [2.75, 3.05) is 43.1 Å². The third-order valence-electron chi connectivity index (χ3n) is 5.42. The van der Waals surface area contributed by atoms with Crippen LogP contribution in [0.3, 0.4) is 0 Å². The molecule has 0 saturated carbocycles. The number of nitrogens with zero attached hydrogens (tertiary/aromatic N) is 3. The normalized spacial score (nSPS) is 20.2. The van der Waals surface area contributed by atoms with E-state index in [1.807, 2.05) is 29.6 Å². The maximum Gasteiger partial charge on any atom is 0.231 e. The molecule has 1 N–H and O–H groups in total. The highest BCUT2D eigenvalue weighted by molar-refractivity contribution is 7.13. The van der Waals surface area contributed by atoms with Crippen molar-refractivity contribution in [1.29, 1.82) is 0 Å². The van der Waals surface area contributed by atoms with E-state index in [4.69, 9.17) is 4.74 Å². The smallest absolute Gasteiger partial charge is 0.231 e. The number of rotatable bonds is 6. The van der Waals surface area contributed by atoms with Gasteiger partial charge in [-0.15, -0.1) is 11.3 Å². The van der Waals surface area contributed by atoms with Crippen molar-refractivity contribution in [2.45, 2.75) is 26.3 Å². The first-order valence-corrected chi connectivity index (χ1v) is 10.9. The molecule has 2 aromatic rings. The Labute approximate surface area is 174 Å². The molecule has 29 heavy (non-hydrogen) atoms. The Morgan fingerprint density at radius 3 is 2.76 bits per heavy atom. The quantitative estimate of drug-likeness (QED) is 0.786. The van der Waals surface area contributed by atoms with Crippen molar-refractivity contribution < 1.29 is 14.3 Å². The molecule has 0 bridgehead atoms. The lowest BCUT2D eigenvalue weighted by Crippen LogP contribution is -2.35. The summed E-state index contributed by atoms with van der Waals surface area (Å²) in [5.74, 6) is -0.514. The number of carbonyl (C=O) groups excluding carboxylic acids is 2. The number of ether oxygens (including phenoxy) is 1. The third kappa shape index (κ3) is 4.83. The molecular formula is C21H26N4O3S. The maximum absolute atomic E-state index is 12.7. The summed E-state index contributed by atoms with van der Waals surface area (Å²) in [5.41, 5.74) is 3.03. The van der Waals surface area contributed by atoms with E-state index in [0.29, 0.717) is 11.7 Å². The van der Waals surface area contributed by atoms with Gasteiger partial charge in [-0.25, -0.2) is 4.98 Å². The minimum Gasteiger partial charge on any atom is -0.379 e. The number of morpholine rings is 1. The average Bonchev–Trinajstić information content (AvgIpc) is 3.35. The lowest BCUT2D eigenvalue weighted by molar-refractivity contribution is -0.122. The molecule has 154 valence electrons. The van der Waals surface area contributed by atoms with Crippen LogP contribution in [0.15, 0.2) is 29.6 Å². The van der Waals surface area contributed by atoms with Crippen LogP contribution < -0.4 is 10.2 Å². The predicted molar refractivity (Wildman–Crippen MR) is 113 cm³/mol. The highest BCUT2D eigenvalue weighted by Crippen LogP contribution is 2.27. The van der Waals surface area contributed by atoms with Crippen molar-refractivity contribution >= 4 is 34.0 Å². The standard InChI is InChI=1S/C21H26N4O3S/c1-2-15-3-5-18(6-4-15)25-12-16(11-19(25)26)20(27)23-21-22-17(14-29-21)13-24-7-9-28-10-8-24/h3-6,14,16H,2,7-13H2,1H3,(H,22,23,27). The van der Waals surface area contributed by atoms with Gasteiger partial charge in [-0.05, 0) is 24.1 Å². The zero-order chi connectivity index (χ0) is 20.2. The molecule has 0 aliphatic carbocycles. The summed E-state index contributed by atoms with van der Waals surface area (Å²) in [6, 6.07) is 7.97. The number of aryl methyl sites for hydroxylation is 1. The van der Waals surface area contributed by atoms with E-state index in [0.717, 1.165) is 50.7 Å². The molecule has 1 aromatic heterocycles. The van der Waals surface area contributed by atoms with Gasteiger partial charge in [-0.2, -0.15) is 0 Å². The van der Waals surface area contributed by atoms with Gasteiger partial charge in [0.05, 0.1) is 24.8 Å². The summed E-state index contributed by atoms with van der Waals surface area (Å²) in [4.78, 5) is 33.7. The molecular weight excluding hydrogens is 388 g/mol. The van der Waals surface area contributed by atoms with Crippen LogP contribution in [0.4, 0.5) is 10.8 Å². The van der Waals surface area contributed by atoms with Gasteiger partial charge < -0.3 is 15.0 Å². The van der Waals surface area contributed by atoms with Crippen molar-refractivity contribution in [3.8, 4) is 0 Å². The van der Waals surface area contributed by atoms with Crippen LogP contribution in [0.1, 0.15) is 24.6 Å². The molecule has 0 spiro atoms. The summed E-state index contributed by atoms with van der Waals surface area (Å²) in [6.45, 7) is 6.57. The number of nitrogens with one attached hydrogen (secondary N) is 1. The van der Waals surface area contributed by atoms with Crippen LogP contribution in [0.2, 0.25) is 0 Å². The fraction of sp³-hybridized carbons (Fsp3) is 0.476. The molecule has 1 unspecified atom stereocenters. The van der Waals surface area contributed by atoms with Crippen LogP contribution in [0, 0.1) is 5.92 Å². The minimum absolute atomic E-state index is 0.0125. The summed E-state index contributed by atoms with van der Waals surface area (Å²) in [7, 11) is 0. The molecule has 1 atom stereocenters. The lowest BCUT2D eigenvalue weighted by Gasteiger charge is -2.25. The van der Waals surface area contributed by atoms with Crippen molar-refractivity contribution in [1.82, 2.24) is 9.88 Å². The number of amides is 2. The third-order valence-corrected chi connectivity index (χ3v) is 6.23. The number of carbonyl (C=O) groups is 2. The Hall–Kier alpha value is -2.29. The fourth-order valence-corrected chi connectivity index (χ4v) is 4.38. The van der Waals surface area contributed by atoms with Gasteiger partial charge in [0.2, 0.25) is 11.8 Å². The van der Waals surface area contributed by atoms with Gasteiger partial charge in [0.25, 0.3) is 0 Å². The second-order valence-electron chi connectivity index (χ2n) is 7.45. The van der Waals surface area contributed by atoms with E-state index in [2.05, 4.69) is 22.1 Å². The number of hydrogen-bond acceptors (Lipinski definition) is 6. The van der Waals surface area contributed by atoms with E-state index in [9.17, 15) is 9.59 Å². The molecule has 2 fully saturated rings. The number of benzene rings is 1. The first kappa shape index (κ1) is 20.0. The van der Waals surface area contributed by atoms with E-state index in [1.165, 1.54) is 16.9 Å². The van der Waals surface area contributed by atoms with Crippen LogP contribution >= 0.6 is 11.3 Å². The average molecular weight is 415 g/mol. The number of anilines is 2. The van der Waals surface area contributed by atoms with Crippen molar-refractivity contribution in [2.24, 2.45) is 5.92 Å². The molecule has 3 heterocycles. The fourth-order valence-electron chi connectivity index (χ4n) is 3.68. The van der Waals surface area contributed by atoms with Crippen LogP contribution in [-0.4, -0.2) is 54.5 Å². The summed E-state index contributed by atoms with van der Waals surface area (Å²) in [6.07, 6.45) is 1.19. The van der Waals surface area contributed by atoms with Gasteiger partial charge in [0.15, 0.2) is 5.13 Å². The minimum atomic E-state index is -0.361. The van der Waals surface area contributed by atoms with Crippen LogP contribution in [-0.2, 0) is 27.3 Å². The van der Waals surface area contributed by atoms with Gasteiger partial charge in [-0.3, -0.25) is 14.5 Å². The zero-order valence-electron chi connectivity index (χ0n) is 16.6. The second kappa shape index (κ2) is 9.02. The Morgan fingerprint density at radius 2 is 2.03 bits per heavy atom. The Bertz CT molecular complexity index is 861.